The molecule has 0 bridgehead atoms. The standard InChI is InChI=1S/C10H8FN5O4/c1-19-9-13-8(12)14-10(15-9)20-7-4-5(11)2-3-6(7)16(17)18/h2-4H,1H3,(H2,12,13,14,15). The molecule has 104 valence electrons. The number of ether oxygens (including phenoxy) is 2. The first kappa shape index (κ1) is 13.4. The van der Waals surface area contributed by atoms with Crippen LogP contribution in [0.5, 0.6) is 17.8 Å². The van der Waals surface area contributed by atoms with Gasteiger partial charge in [0.1, 0.15) is 5.82 Å². The predicted molar refractivity (Wildman–Crippen MR) is 63.9 cm³/mol. The van der Waals surface area contributed by atoms with Crippen LogP contribution >= 0.6 is 0 Å². The number of benzene rings is 1. The van der Waals surface area contributed by atoms with Gasteiger partial charge in [0.25, 0.3) is 0 Å². The molecule has 10 heteroatoms. The summed E-state index contributed by atoms with van der Waals surface area (Å²) in [4.78, 5) is 21.0. The number of nitrogens with zero attached hydrogens (tertiary/aromatic N) is 4. The second-order valence-electron chi connectivity index (χ2n) is 3.43. The molecule has 0 radical (unpaired) electrons. The number of anilines is 1. The number of halogens is 1. The average Bonchev–Trinajstić information content (AvgIpc) is 2.37. The number of methoxy groups -OCH3 is 1. The van der Waals surface area contributed by atoms with E-state index in [-0.39, 0.29) is 23.7 Å². The third kappa shape index (κ3) is 2.85. The van der Waals surface area contributed by atoms with Crippen LogP contribution in [0.15, 0.2) is 18.2 Å². The molecule has 0 atom stereocenters. The number of nitrogens with two attached hydrogens (primary N) is 1. The maximum atomic E-state index is 13.1. The second kappa shape index (κ2) is 5.30. The van der Waals surface area contributed by atoms with Gasteiger partial charge >= 0.3 is 17.7 Å². The fourth-order valence-electron chi connectivity index (χ4n) is 1.31. The van der Waals surface area contributed by atoms with E-state index in [1.54, 1.807) is 0 Å². The van der Waals surface area contributed by atoms with Gasteiger partial charge < -0.3 is 15.2 Å². The van der Waals surface area contributed by atoms with Gasteiger partial charge in [0, 0.05) is 12.1 Å². The molecule has 1 aromatic carbocycles. The van der Waals surface area contributed by atoms with Crippen LogP contribution in [0.25, 0.3) is 0 Å². The molecule has 9 nitrogen and oxygen atoms in total. The van der Waals surface area contributed by atoms with E-state index in [2.05, 4.69) is 15.0 Å². The Kier molecular flexibility index (Phi) is 3.55. The molecule has 2 rings (SSSR count). The quantitative estimate of drug-likeness (QED) is 0.656. The Labute approximate surface area is 111 Å². The molecule has 1 aromatic heterocycles. The highest BCUT2D eigenvalue weighted by atomic mass is 19.1. The molecule has 0 saturated heterocycles. The van der Waals surface area contributed by atoms with Gasteiger partial charge in [-0.3, -0.25) is 10.1 Å². The van der Waals surface area contributed by atoms with Crippen molar-refractivity contribution in [1.29, 1.82) is 0 Å². The molecule has 1 heterocycles. The highest BCUT2D eigenvalue weighted by Crippen LogP contribution is 2.30. The van der Waals surface area contributed by atoms with Crippen LogP contribution in [0, 0.1) is 15.9 Å². The van der Waals surface area contributed by atoms with Crippen molar-refractivity contribution in [2.45, 2.75) is 0 Å². The van der Waals surface area contributed by atoms with Gasteiger partial charge in [0.05, 0.1) is 12.0 Å². The van der Waals surface area contributed by atoms with Gasteiger partial charge in [-0.2, -0.15) is 9.97 Å². The Bertz CT molecular complexity index is 666. The van der Waals surface area contributed by atoms with Crippen LogP contribution in [0.3, 0.4) is 0 Å². The van der Waals surface area contributed by atoms with E-state index in [4.69, 9.17) is 15.2 Å². The van der Waals surface area contributed by atoms with E-state index < -0.39 is 16.4 Å². The third-order valence-corrected chi connectivity index (χ3v) is 2.11. The van der Waals surface area contributed by atoms with Gasteiger partial charge in [-0.1, -0.05) is 0 Å². The second-order valence-corrected chi connectivity index (χ2v) is 3.43. The Hall–Kier alpha value is -3.04. The zero-order valence-corrected chi connectivity index (χ0v) is 10.1. The van der Waals surface area contributed by atoms with Crippen LogP contribution < -0.4 is 15.2 Å². The predicted octanol–water partition coefficient (Wildman–Crippen LogP) is 1.30. The summed E-state index contributed by atoms with van der Waals surface area (Å²) in [5, 5.41) is 10.8. The topological polar surface area (TPSA) is 126 Å². The zero-order chi connectivity index (χ0) is 14.7. The van der Waals surface area contributed by atoms with E-state index in [0.717, 1.165) is 18.2 Å². The molecule has 0 amide bonds. The SMILES string of the molecule is COc1nc(N)nc(Oc2cc(F)ccc2[N+](=O)[O-])n1. The molecule has 2 N–H and O–H groups in total. The summed E-state index contributed by atoms with van der Waals surface area (Å²) in [5.74, 6) is -1.27. The fourth-order valence-corrected chi connectivity index (χ4v) is 1.31. The minimum Gasteiger partial charge on any atom is -0.467 e. The van der Waals surface area contributed by atoms with E-state index in [0.29, 0.717) is 0 Å². The minimum atomic E-state index is -0.726. The van der Waals surface area contributed by atoms with Crippen LogP contribution in [0.2, 0.25) is 0 Å². The maximum Gasteiger partial charge on any atom is 0.330 e. The lowest BCUT2D eigenvalue weighted by molar-refractivity contribution is -0.385. The molecular weight excluding hydrogens is 273 g/mol. The van der Waals surface area contributed by atoms with Crippen LogP contribution in [0.4, 0.5) is 16.0 Å². The van der Waals surface area contributed by atoms with E-state index in [1.165, 1.54) is 7.11 Å². The minimum absolute atomic E-state index is 0.133. The average molecular weight is 281 g/mol. The van der Waals surface area contributed by atoms with Crippen molar-refractivity contribution >= 4 is 11.6 Å². The third-order valence-electron chi connectivity index (χ3n) is 2.11. The molecule has 0 aliphatic carbocycles. The van der Waals surface area contributed by atoms with Crippen LogP contribution in [-0.4, -0.2) is 27.0 Å². The Balaban J connectivity index is 2.41. The summed E-state index contributed by atoms with van der Waals surface area (Å²) < 4.78 is 22.9. The number of nitro benzene ring substituents is 1. The Morgan fingerprint density at radius 3 is 2.65 bits per heavy atom. The highest BCUT2D eigenvalue weighted by molar-refractivity contribution is 5.47. The Morgan fingerprint density at radius 2 is 2.00 bits per heavy atom. The number of nitro groups is 1. The summed E-state index contributed by atoms with van der Waals surface area (Å²) in [6, 6.07) is 2.26. The van der Waals surface area contributed by atoms with Crippen molar-refractivity contribution in [1.82, 2.24) is 15.0 Å². The molecule has 20 heavy (non-hydrogen) atoms. The zero-order valence-electron chi connectivity index (χ0n) is 10.1. The van der Waals surface area contributed by atoms with Gasteiger partial charge in [-0.15, -0.1) is 4.98 Å². The molecule has 0 spiro atoms. The number of rotatable bonds is 4. The van der Waals surface area contributed by atoms with Crippen molar-refractivity contribution < 1.29 is 18.8 Å². The summed E-state index contributed by atoms with van der Waals surface area (Å²) in [6.07, 6.45) is 0. The first-order valence-corrected chi connectivity index (χ1v) is 5.17. The van der Waals surface area contributed by atoms with Crippen molar-refractivity contribution in [2.75, 3.05) is 12.8 Å². The lowest BCUT2D eigenvalue weighted by Gasteiger charge is -2.06. The summed E-state index contributed by atoms with van der Waals surface area (Å²) in [6.45, 7) is 0. The molecule has 2 aromatic rings. The van der Waals surface area contributed by atoms with E-state index in [9.17, 15) is 14.5 Å². The lowest BCUT2D eigenvalue weighted by Crippen LogP contribution is -2.03. The number of hydrogen-bond acceptors (Lipinski definition) is 8. The number of aromatic nitrogens is 3. The number of nitrogen functional groups attached to an aromatic ring is 1. The molecule has 0 aliphatic heterocycles. The fraction of sp³-hybridized carbons (Fsp3) is 0.100. The molecule has 0 aliphatic rings. The van der Waals surface area contributed by atoms with Gasteiger partial charge in [0.2, 0.25) is 11.7 Å². The Morgan fingerprint density at radius 1 is 1.30 bits per heavy atom. The molecular formula is C10H8FN5O4. The molecule has 0 unspecified atom stereocenters. The normalized spacial score (nSPS) is 10.1. The summed E-state index contributed by atoms with van der Waals surface area (Å²) >= 11 is 0. The highest BCUT2D eigenvalue weighted by Gasteiger charge is 2.18. The van der Waals surface area contributed by atoms with Gasteiger partial charge in [0.15, 0.2) is 0 Å². The van der Waals surface area contributed by atoms with Gasteiger partial charge in [-0.25, -0.2) is 4.39 Å². The van der Waals surface area contributed by atoms with Crippen LogP contribution in [0.1, 0.15) is 0 Å². The summed E-state index contributed by atoms with van der Waals surface area (Å²) in [7, 11) is 1.29. The first-order chi connectivity index (χ1) is 9.49. The van der Waals surface area contributed by atoms with E-state index >= 15 is 0 Å². The largest absolute Gasteiger partial charge is 0.467 e. The van der Waals surface area contributed by atoms with Crippen molar-refractivity contribution in [3.63, 3.8) is 0 Å². The summed E-state index contributed by atoms with van der Waals surface area (Å²) in [5.41, 5.74) is 4.95. The van der Waals surface area contributed by atoms with E-state index in [1.807, 2.05) is 0 Å². The first-order valence-electron chi connectivity index (χ1n) is 5.17. The van der Waals surface area contributed by atoms with Crippen LogP contribution in [-0.2, 0) is 0 Å². The van der Waals surface area contributed by atoms with Crippen molar-refractivity contribution in [3.05, 3.63) is 34.1 Å². The van der Waals surface area contributed by atoms with Crippen molar-refractivity contribution in [3.8, 4) is 17.8 Å². The number of hydrogen-bond donors (Lipinski definition) is 1. The lowest BCUT2D eigenvalue weighted by atomic mass is 10.3. The van der Waals surface area contributed by atoms with Crippen molar-refractivity contribution in [2.24, 2.45) is 0 Å². The maximum absolute atomic E-state index is 13.1. The molecule has 0 fully saturated rings. The van der Waals surface area contributed by atoms with Gasteiger partial charge in [-0.05, 0) is 6.07 Å². The molecule has 0 saturated carbocycles. The smallest absolute Gasteiger partial charge is 0.330 e. The monoisotopic (exact) mass is 281 g/mol.